The van der Waals surface area contributed by atoms with E-state index >= 15 is 0 Å². The number of nitrogens with one attached hydrogen (secondary N) is 1. The number of aliphatic hydroxyl groups excluding tert-OH is 1. The summed E-state index contributed by atoms with van der Waals surface area (Å²) >= 11 is 1.71. The monoisotopic (exact) mass is 240 g/mol. The fourth-order valence-electron chi connectivity index (χ4n) is 1.28. The molecule has 0 aliphatic heterocycles. The lowest BCUT2D eigenvalue weighted by Crippen LogP contribution is -2.14. The van der Waals surface area contributed by atoms with Crippen LogP contribution in [0.15, 0.2) is 23.4 Å². The van der Waals surface area contributed by atoms with E-state index in [9.17, 15) is 0 Å². The first-order chi connectivity index (χ1) is 7.69. The van der Waals surface area contributed by atoms with E-state index in [-0.39, 0.29) is 6.61 Å². The summed E-state index contributed by atoms with van der Waals surface area (Å²) in [6.45, 7) is 4.39. The van der Waals surface area contributed by atoms with Gasteiger partial charge >= 0.3 is 0 Å². The molecule has 0 saturated heterocycles. The van der Waals surface area contributed by atoms with Gasteiger partial charge in [0.15, 0.2) is 0 Å². The highest BCUT2D eigenvalue weighted by Crippen LogP contribution is 2.26. The highest BCUT2D eigenvalue weighted by molar-refractivity contribution is 7.99. The van der Waals surface area contributed by atoms with Crippen LogP contribution in [0.5, 0.6) is 0 Å². The van der Waals surface area contributed by atoms with E-state index in [1.165, 1.54) is 5.56 Å². The maximum atomic E-state index is 8.99. The molecule has 0 aliphatic rings. The molecule has 0 bridgehead atoms. The van der Waals surface area contributed by atoms with E-state index in [2.05, 4.69) is 23.3 Å². The largest absolute Gasteiger partial charge is 0.396 e. The van der Waals surface area contributed by atoms with Crippen molar-refractivity contribution in [3.8, 4) is 0 Å². The number of rotatable bonds is 6. The van der Waals surface area contributed by atoms with Crippen LogP contribution in [0.1, 0.15) is 25.5 Å². The number of aromatic nitrogens is 1. The summed E-state index contributed by atoms with van der Waals surface area (Å²) in [5.41, 5.74) is 1.22. The molecule has 16 heavy (non-hydrogen) atoms. The molecule has 90 valence electrons. The lowest BCUT2D eigenvalue weighted by atomic mass is 10.1. The normalized spacial score (nSPS) is 14.8. The first-order valence-corrected chi connectivity index (χ1v) is 6.53. The zero-order chi connectivity index (χ0) is 12.0. The second kappa shape index (κ2) is 6.89. The van der Waals surface area contributed by atoms with Crippen molar-refractivity contribution in [3.63, 3.8) is 0 Å². The molecule has 1 heterocycles. The summed E-state index contributed by atoms with van der Waals surface area (Å²) in [5.74, 6) is 1.21. The summed E-state index contributed by atoms with van der Waals surface area (Å²) < 4.78 is 0. The van der Waals surface area contributed by atoms with Crippen LogP contribution in [-0.2, 0) is 0 Å². The van der Waals surface area contributed by atoms with Crippen LogP contribution in [0.4, 0.5) is 0 Å². The first kappa shape index (κ1) is 13.5. The van der Waals surface area contributed by atoms with Gasteiger partial charge in [-0.05, 0) is 26.0 Å². The van der Waals surface area contributed by atoms with Crippen molar-refractivity contribution in [1.82, 2.24) is 10.3 Å². The predicted molar refractivity (Wildman–Crippen MR) is 68.7 cm³/mol. The van der Waals surface area contributed by atoms with Gasteiger partial charge in [-0.15, -0.1) is 11.8 Å². The summed E-state index contributed by atoms with van der Waals surface area (Å²) in [4.78, 5) is 4.40. The molecule has 0 radical (unpaired) electrons. The van der Waals surface area contributed by atoms with Crippen LogP contribution in [0.25, 0.3) is 0 Å². The second-order valence-corrected chi connectivity index (χ2v) is 5.02. The van der Waals surface area contributed by atoms with E-state index in [4.69, 9.17) is 5.11 Å². The zero-order valence-electron chi connectivity index (χ0n) is 10.1. The smallest absolute Gasteiger partial charge is 0.101 e. The Hall–Kier alpha value is -0.580. The average Bonchev–Trinajstić information content (AvgIpc) is 2.35. The van der Waals surface area contributed by atoms with Gasteiger partial charge in [0.25, 0.3) is 0 Å². The number of hydrogen-bond acceptors (Lipinski definition) is 4. The molecular formula is C12H20N2OS. The van der Waals surface area contributed by atoms with Crippen LogP contribution < -0.4 is 5.32 Å². The lowest BCUT2D eigenvalue weighted by molar-refractivity contribution is 0.250. The van der Waals surface area contributed by atoms with Crippen molar-refractivity contribution in [2.24, 2.45) is 5.92 Å². The number of nitrogens with zero attached hydrogens (tertiary/aromatic N) is 1. The van der Waals surface area contributed by atoms with Crippen molar-refractivity contribution in [2.75, 3.05) is 19.4 Å². The number of aliphatic hydroxyl groups is 1. The molecule has 0 amide bonds. The Bertz CT molecular complexity index is 320. The Balaban J connectivity index is 2.71. The van der Waals surface area contributed by atoms with Gasteiger partial charge in [-0.1, -0.05) is 13.0 Å². The third-order valence-electron chi connectivity index (χ3n) is 2.52. The highest BCUT2D eigenvalue weighted by Gasteiger charge is 2.11. The minimum absolute atomic E-state index is 0.233. The predicted octanol–water partition coefficient (Wildman–Crippen LogP) is 2.08. The molecule has 1 aromatic rings. The minimum atomic E-state index is 0.233. The maximum Gasteiger partial charge on any atom is 0.101 e. The Kier molecular flexibility index (Phi) is 5.80. The molecule has 0 aliphatic carbocycles. The third kappa shape index (κ3) is 3.77. The molecule has 0 fully saturated rings. The third-order valence-corrected chi connectivity index (χ3v) is 3.87. The summed E-state index contributed by atoms with van der Waals surface area (Å²) in [6.07, 6.45) is 1.82. The first-order valence-electron chi connectivity index (χ1n) is 5.54. The SMILES string of the molecule is CNC(C)c1cccnc1SCC(C)CO. The van der Waals surface area contributed by atoms with E-state index in [0.717, 1.165) is 10.8 Å². The maximum absolute atomic E-state index is 8.99. The molecule has 1 rings (SSSR count). The molecule has 2 unspecified atom stereocenters. The van der Waals surface area contributed by atoms with Gasteiger partial charge in [0.05, 0.1) is 0 Å². The average molecular weight is 240 g/mol. The van der Waals surface area contributed by atoms with Crippen LogP contribution in [0.2, 0.25) is 0 Å². The molecule has 3 nitrogen and oxygen atoms in total. The molecule has 1 aromatic heterocycles. The van der Waals surface area contributed by atoms with E-state index in [1.54, 1.807) is 11.8 Å². The molecular weight excluding hydrogens is 220 g/mol. The Morgan fingerprint density at radius 1 is 1.50 bits per heavy atom. The van der Waals surface area contributed by atoms with Crippen molar-refractivity contribution < 1.29 is 5.11 Å². The minimum Gasteiger partial charge on any atom is -0.396 e. The van der Waals surface area contributed by atoms with E-state index < -0.39 is 0 Å². The quantitative estimate of drug-likeness (QED) is 0.747. The molecule has 0 spiro atoms. The van der Waals surface area contributed by atoms with Gasteiger partial charge in [0.1, 0.15) is 5.03 Å². The van der Waals surface area contributed by atoms with Gasteiger partial charge in [-0.3, -0.25) is 0 Å². The van der Waals surface area contributed by atoms with Crippen LogP contribution in [0.3, 0.4) is 0 Å². The van der Waals surface area contributed by atoms with Crippen molar-refractivity contribution in [2.45, 2.75) is 24.9 Å². The van der Waals surface area contributed by atoms with Gasteiger partial charge in [-0.2, -0.15) is 0 Å². The molecule has 0 saturated carbocycles. The molecule has 4 heteroatoms. The van der Waals surface area contributed by atoms with Gasteiger partial charge in [-0.25, -0.2) is 4.98 Å². The summed E-state index contributed by atoms with van der Waals surface area (Å²) in [5, 5.41) is 13.3. The van der Waals surface area contributed by atoms with Crippen LogP contribution in [-0.4, -0.2) is 29.5 Å². The van der Waals surface area contributed by atoms with Crippen LogP contribution in [0, 0.1) is 5.92 Å². The Labute approximate surface area is 102 Å². The Morgan fingerprint density at radius 2 is 2.25 bits per heavy atom. The van der Waals surface area contributed by atoms with Crippen molar-refractivity contribution >= 4 is 11.8 Å². The highest BCUT2D eigenvalue weighted by atomic mass is 32.2. The fourth-order valence-corrected chi connectivity index (χ4v) is 2.38. The van der Waals surface area contributed by atoms with Gasteiger partial charge < -0.3 is 10.4 Å². The number of hydrogen-bond donors (Lipinski definition) is 2. The van der Waals surface area contributed by atoms with Crippen molar-refractivity contribution in [3.05, 3.63) is 23.9 Å². The second-order valence-electron chi connectivity index (χ2n) is 4.01. The van der Waals surface area contributed by atoms with E-state index in [0.29, 0.717) is 12.0 Å². The molecule has 2 atom stereocenters. The lowest BCUT2D eigenvalue weighted by Gasteiger charge is -2.15. The van der Waals surface area contributed by atoms with E-state index in [1.807, 2.05) is 26.2 Å². The van der Waals surface area contributed by atoms with Crippen molar-refractivity contribution in [1.29, 1.82) is 0 Å². The number of pyridine rings is 1. The summed E-state index contributed by atoms with van der Waals surface area (Å²) in [7, 11) is 1.95. The fraction of sp³-hybridized carbons (Fsp3) is 0.583. The summed E-state index contributed by atoms with van der Waals surface area (Å²) in [6, 6.07) is 4.36. The number of thioether (sulfide) groups is 1. The molecule has 2 N–H and O–H groups in total. The Morgan fingerprint density at radius 3 is 2.88 bits per heavy atom. The zero-order valence-corrected chi connectivity index (χ0v) is 10.9. The standard InChI is InChI=1S/C12H20N2OS/c1-9(7-15)8-16-12-11(10(2)13-3)5-4-6-14-12/h4-6,9-10,13,15H,7-8H2,1-3H3. The van der Waals surface area contributed by atoms with Crippen LogP contribution >= 0.6 is 11.8 Å². The molecule has 0 aromatic carbocycles. The topological polar surface area (TPSA) is 45.2 Å². The van der Waals surface area contributed by atoms with Gasteiger partial charge in [0.2, 0.25) is 0 Å². The van der Waals surface area contributed by atoms with Gasteiger partial charge in [0, 0.05) is 30.2 Å².